The number of esters is 1. The number of hydrogen-bond donors (Lipinski definition) is 1. The number of anilines is 3. The van der Waals surface area contributed by atoms with Crippen molar-refractivity contribution in [3.63, 3.8) is 0 Å². The number of aromatic nitrogens is 4. The van der Waals surface area contributed by atoms with Crippen molar-refractivity contribution in [1.82, 2.24) is 19.8 Å². The molecule has 3 heterocycles. The van der Waals surface area contributed by atoms with E-state index < -0.39 is 5.97 Å². The van der Waals surface area contributed by atoms with Gasteiger partial charge in [0.15, 0.2) is 11.5 Å². The van der Waals surface area contributed by atoms with Crippen molar-refractivity contribution in [3.8, 4) is 5.75 Å². The van der Waals surface area contributed by atoms with E-state index in [1.54, 1.807) is 42.8 Å². The Kier molecular flexibility index (Phi) is 7.86. The number of benzene rings is 2. The molecule has 1 N–H and O–H groups in total. The number of para-hydroxylation sites is 1. The summed E-state index contributed by atoms with van der Waals surface area (Å²) in [5.41, 5.74) is 2.50. The van der Waals surface area contributed by atoms with Gasteiger partial charge in [-0.15, -0.1) is 15.3 Å². The molecule has 0 unspecified atom stereocenters. The summed E-state index contributed by atoms with van der Waals surface area (Å²) in [4.78, 5) is 29.5. The van der Waals surface area contributed by atoms with E-state index in [0.717, 1.165) is 43.4 Å². The van der Waals surface area contributed by atoms with Crippen molar-refractivity contribution in [2.45, 2.75) is 19.8 Å². The number of rotatable bonds is 9. The summed E-state index contributed by atoms with van der Waals surface area (Å²) < 4.78 is 12.1. The van der Waals surface area contributed by atoms with E-state index in [4.69, 9.17) is 14.6 Å². The van der Waals surface area contributed by atoms with Crippen LogP contribution >= 0.6 is 0 Å². The number of ether oxygens (including phenoxy) is 2. The zero-order valence-electron chi connectivity index (χ0n) is 22.0. The molecule has 1 aliphatic rings. The van der Waals surface area contributed by atoms with Crippen LogP contribution in [-0.2, 0) is 16.0 Å². The quantitative estimate of drug-likeness (QED) is 0.327. The topological polar surface area (TPSA) is 114 Å². The smallest absolute Gasteiger partial charge is 0.340 e. The number of piperazine rings is 1. The second kappa shape index (κ2) is 11.8. The maximum Gasteiger partial charge on any atom is 0.340 e. The lowest BCUT2D eigenvalue weighted by Crippen LogP contribution is -2.47. The Bertz CT molecular complexity index is 1460. The second-order valence-corrected chi connectivity index (χ2v) is 9.07. The third-order valence-electron chi connectivity index (χ3n) is 6.61. The van der Waals surface area contributed by atoms with Crippen molar-refractivity contribution in [1.29, 1.82) is 0 Å². The molecule has 1 fully saturated rings. The first-order valence-corrected chi connectivity index (χ1v) is 13.0. The van der Waals surface area contributed by atoms with Gasteiger partial charge in [-0.25, -0.2) is 4.79 Å². The molecule has 1 aliphatic heterocycles. The molecule has 202 valence electrons. The summed E-state index contributed by atoms with van der Waals surface area (Å²) in [5, 5.41) is 16.1. The largest absolute Gasteiger partial charge is 0.497 e. The van der Waals surface area contributed by atoms with Crippen LogP contribution < -0.4 is 19.9 Å². The van der Waals surface area contributed by atoms with Gasteiger partial charge in [0.25, 0.3) is 0 Å². The highest BCUT2D eigenvalue weighted by atomic mass is 16.5. The molecule has 5 rings (SSSR count). The van der Waals surface area contributed by atoms with Crippen molar-refractivity contribution in [2.24, 2.45) is 0 Å². The molecule has 0 saturated carbocycles. The SMILES string of the molecule is CCOC(=O)c1ccccc1NC(=O)CCc1nnc2ccc(N3CCN(c4cccc(OC)c4)CC3)nn12. The lowest BCUT2D eigenvalue weighted by Gasteiger charge is -2.36. The Balaban J connectivity index is 1.22. The Hall–Kier alpha value is -4.67. The first-order chi connectivity index (χ1) is 19.1. The normalized spacial score (nSPS) is 13.4. The highest BCUT2D eigenvalue weighted by Crippen LogP contribution is 2.24. The number of hydrogen-bond acceptors (Lipinski definition) is 9. The third-order valence-corrected chi connectivity index (χ3v) is 6.61. The highest BCUT2D eigenvalue weighted by molar-refractivity contribution is 6.01. The predicted octanol–water partition coefficient (Wildman–Crippen LogP) is 3.21. The molecule has 0 atom stereocenters. The van der Waals surface area contributed by atoms with Crippen LogP contribution in [0.1, 0.15) is 29.5 Å². The maximum atomic E-state index is 12.7. The van der Waals surface area contributed by atoms with Gasteiger partial charge in [-0.05, 0) is 43.3 Å². The van der Waals surface area contributed by atoms with E-state index in [9.17, 15) is 9.59 Å². The lowest BCUT2D eigenvalue weighted by molar-refractivity contribution is -0.116. The Morgan fingerprint density at radius 3 is 2.54 bits per heavy atom. The van der Waals surface area contributed by atoms with Crippen molar-refractivity contribution < 1.29 is 19.1 Å². The van der Waals surface area contributed by atoms with Crippen LogP contribution in [0.3, 0.4) is 0 Å². The Labute approximate surface area is 226 Å². The molecule has 39 heavy (non-hydrogen) atoms. The summed E-state index contributed by atoms with van der Waals surface area (Å²) in [6.07, 6.45) is 0.498. The lowest BCUT2D eigenvalue weighted by atomic mass is 10.1. The van der Waals surface area contributed by atoms with Gasteiger partial charge in [-0.1, -0.05) is 18.2 Å². The summed E-state index contributed by atoms with van der Waals surface area (Å²) in [5.74, 6) is 1.56. The number of amides is 1. The molecule has 11 heteroatoms. The van der Waals surface area contributed by atoms with Gasteiger partial charge < -0.3 is 24.6 Å². The summed E-state index contributed by atoms with van der Waals surface area (Å²) in [6, 6.07) is 18.7. The molecule has 0 radical (unpaired) electrons. The van der Waals surface area contributed by atoms with Crippen LogP contribution in [0.15, 0.2) is 60.7 Å². The summed E-state index contributed by atoms with van der Waals surface area (Å²) in [6.45, 7) is 5.34. The minimum absolute atomic E-state index is 0.156. The second-order valence-electron chi connectivity index (χ2n) is 9.07. The van der Waals surface area contributed by atoms with E-state index in [1.165, 1.54) is 0 Å². The van der Waals surface area contributed by atoms with E-state index in [2.05, 4.69) is 37.4 Å². The van der Waals surface area contributed by atoms with Gasteiger partial charge in [0, 0.05) is 50.8 Å². The fourth-order valence-corrected chi connectivity index (χ4v) is 4.57. The van der Waals surface area contributed by atoms with Gasteiger partial charge in [0.2, 0.25) is 5.91 Å². The zero-order valence-corrected chi connectivity index (χ0v) is 22.0. The van der Waals surface area contributed by atoms with E-state index in [1.807, 2.05) is 24.3 Å². The van der Waals surface area contributed by atoms with Gasteiger partial charge >= 0.3 is 5.97 Å². The fraction of sp³-hybridized carbons (Fsp3) is 0.321. The van der Waals surface area contributed by atoms with Crippen molar-refractivity contribution >= 4 is 34.7 Å². The van der Waals surface area contributed by atoms with Gasteiger partial charge in [-0.3, -0.25) is 4.79 Å². The monoisotopic (exact) mass is 529 g/mol. The molecule has 1 amide bonds. The van der Waals surface area contributed by atoms with Crippen molar-refractivity contribution in [2.75, 3.05) is 55.0 Å². The summed E-state index contributed by atoms with van der Waals surface area (Å²) in [7, 11) is 1.68. The number of nitrogens with one attached hydrogen (secondary N) is 1. The van der Waals surface area contributed by atoms with Crippen LogP contribution in [0, 0.1) is 0 Å². The van der Waals surface area contributed by atoms with Gasteiger partial charge in [0.05, 0.1) is 25.0 Å². The number of methoxy groups -OCH3 is 1. The molecule has 4 aromatic rings. The zero-order chi connectivity index (χ0) is 27.2. The van der Waals surface area contributed by atoms with Crippen LogP contribution in [0.5, 0.6) is 5.75 Å². The fourth-order valence-electron chi connectivity index (χ4n) is 4.57. The number of fused-ring (bicyclic) bond motifs is 1. The molecule has 2 aromatic heterocycles. The van der Waals surface area contributed by atoms with Crippen LogP contribution in [0.4, 0.5) is 17.2 Å². The number of carbonyl (C=O) groups is 2. The van der Waals surface area contributed by atoms with E-state index in [0.29, 0.717) is 29.1 Å². The molecule has 11 nitrogen and oxygen atoms in total. The van der Waals surface area contributed by atoms with Gasteiger partial charge in [0.1, 0.15) is 11.6 Å². The first-order valence-electron chi connectivity index (χ1n) is 13.0. The van der Waals surface area contributed by atoms with Crippen molar-refractivity contribution in [3.05, 3.63) is 72.1 Å². The van der Waals surface area contributed by atoms with Gasteiger partial charge in [-0.2, -0.15) is 4.52 Å². The summed E-state index contributed by atoms with van der Waals surface area (Å²) >= 11 is 0. The number of aryl methyl sites for hydroxylation is 1. The Morgan fingerprint density at radius 2 is 1.74 bits per heavy atom. The maximum absolute atomic E-state index is 12.7. The van der Waals surface area contributed by atoms with E-state index in [-0.39, 0.29) is 18.9 Å². The average Bonchev–Trinajstić information content (AvgIpc) is 3.39. The highest BCUT2D eigenvalue weighted by Gasteiger charge is 2.20. The standard InChI is InChI=1S/C28H31N7O4/c1-3-39-28(37)22-9-4-5-10-23(22)29-27(36)14-13-25-31-30-24-11-12-26(32-35(24)25)34-17-15-33(16-18-34)20-7-6-8-21(19-20)38-2/h4-12,19H,3,13-18H2,1-2H3,(H,29,36). The molecule has 0 spiro atoms. The predicted molar refractivity (Wildman–Crippen MR) is 148 cm³/mol. The third kappa shape index (κ3) is 5.92. The average molecular weight is 530 g/mol. The van der Waals surface area contributed by atoms with Crippen LogP contribution in [0.2, 0.25) is 0 Å². The minimum atomic E-state index is -0.474. The molecule has 2 aromatic carbocycles. The first kappa shape index (κ1) is 26.0. The molecule has 0 aliphatic carbocycles. The molecular formula is C28H31N7O4. The van der Waals surface area contributed by atoms with Crippen LogP contribution in [0.25, 0.3) is 5.65 Å². The molecular weight excluding hydrogens is 498 g/mol. The molecule has 0 bridgehead atoms. The number of carbonyl (C=O) groups excluding carboxylic acids is 2. The van der Waals surface area contributed by atoms with Crippen LogP contribution in [-0.4, -0.2) is 71.6 Å². The minimum Gasteiger partial charge on any atom is -0.497 e. The number of nitrogens with zero attached hydrogens (tertiary/aromatic N) is 6. The van der Waals surface area contributed by atoms with E-state index >= 15 is 0 Å². The molecule has 1 saturated heterocycles. The Morgan fingerprint density at radius 1 is 0.949 bits per heavy atom.